The number of hydrogen-bond donors (Lipinski definition) is 1. The van der Waals surface area contributed by atoms with Crippen molar-refractivity contribution in [2.24, 2.45) is 0 Å². The maximum Gasteiger partial charge on any atom is 0.239 e. The van der Waals surface area contributed by atoms with Gasteiger partial charge in [0.25, 0.3) is 0 Å². The molecule has 22 heavy (non-hydrogen) atoms. The highest BCUT2D eigenvalue weighted by atomic mass is 32.2. The molecule has 2 aliphatic rings. The molecule has 2 amide bonds. The van der Waals surface area contributed by atoms with Crippen LogP contribution in [0.3, 0.4) is 0 Å². The normalized spacial score (nSPS) is 21.3. The molecular formula is C14H21N5O2S. The van der Waals surface area contributed by atoms with Crippen LogP contribution in [-0.4, -0.2) is 55.7 Å². The Bertz CT molecular complexity index is 586. The van der Waals surface area contributed by atoms with Crippen LogP contribution in [0.2, 0.25) is 0 Å². The molecule has 120 valence electrons. The molecule has 1 atom stereocenters. The quantitative estimate of drug-likeness (QED) is 0.866. The molecule has 3 heterocycles. The Morgan fingerprint density at radius 3 is 2.95 bits per heavy atom. The van der Waals surface area contributed by atoms with Crippen LogP contribution < -0.4 is 5.32 Å². The second-order valence-corrected chi connectivity index (χ2v) is 7.07. The number of carbonyl (C=O) groups is 2. The Balaban J connectivity index is 1.59. The summed E-state index contributed by atoms with van der Waals surface area (Å²) in [6, 6.07) is 0.0823. The maximum atomic E-state index is 12.1. The summed E-state index contributed by atoms with van der Waals surface area (Å²) in [6.45, 7) is 5.06. The summed E-state index contributed by atoms with van der Waals surface area (Å²) < 4.78 is 2.12. The molecule has 3 rings (SSSR count). The van der Waals surface area contributed by atoms with E-state index in [9.17, 15) is 9.59 Å². The molecule has 0 spiro atoms. The van der Waals surface area contributed by atoms with Crippen LogP contribution in [0.1, 0.15) is 37.8 Å². The van der Waals surface area contributed by atoms with Crippen LogP contribution in [0.15, 0.2) is 0 Å². The number of rotatable bonds is 4. The number of nitrogens with zero attached hydrogens (tertiary/aromatic N) is 4. The highest BCUT2D eigenvalue weighted by molar-refractivity contribution is 8.00. The highest BCUT2D eigenvalue weighted by Gasteiger charge is 2.27. The third-order valence-corrected chi connectivity index (χ3v) is 4.96. The molecule has 2 aliphatic heterocycles. The molecule has 0 aromatic carbocycles. The standard InChI is InChI=1S/C14H21N5O2S/c1-9(2)14-17-16-11-4-3-10(5-19(11)14)15-12(20)6-18-8-22-7-13(18)21/h9-10H,3-8H2,1-2H3,(H,15,20)/t10-/m1/s1. The molecular weight excluding hydrogens is 302 g/mol. The van der Waals surface area contributed by atoms with Crippen LogP contribution in [0.4, 0.5) is 0 Å². The Kier molecular flexibility index (Phi) is 4.37. The third-order valence-electron chi connectivity index (χ3n) is 4.02. The van der Waals surface area contributed by atoms with E-state index in [1.54, 1.807) is 16.7 Å². The van der Waals surface area contributed by atoms with Gasteiger partial charge in [-0.25, -0.2) is 0 Å². The summed E-state index contributed by atoms with van der Waals surface area (Å²) in [5.41, 5.74) is 0. The predicted molar refractivity (Wildman–Crippen MR) is 83.4 cm³/mol. The largest absolute Gasteiger partial charge is 0.350 e. The van der Waals surface area contributed by atoms with Gasteiger partial charge in [0.2, 0.25) is 11.8 Å². The summed E-state index contributed by atoms with van der Waals surface area (Å²) in [4.78, 5) is 25.3. The summed E-state index contributed by atoms with van der Waals surface area (Å²) in [6.07, 6.45) is 1.69. The van der Waals surface area contributed by atoms with Crippen molar-refractivity contribution in [1.29, 1.82) is 0 Å². The van der Waals surface area contributed by atoms with Gasteiger partial charge < -0.3 is 14.8 Å². The fraction of sp³-hybridized carbons (Fsp3) is 0.714. The number of aromatic nitrogens is 3. The SMILES string of the molecule is CC(C)c1nnc2n1C[C@H](NC(=O)CN1CSCC1=O)CC2. The summed E-state index contributed by atoms with van der Waals surface area (Å²) in [5.74, 6) is 3.36. The van der Waals surface area contributed by atoms with Crippen molar-refractivity contribution in [3.63, 3.8) is 0 Å². The van der Waals surface area contributed by atoms with Gasteiger partial charge in [-0.05, 0) is 6.42 Å². The van der Waals surface area contributed by atoms with Gasteiger partial charge in [0, 0.05) is 24.9 Å². The molecule has 0 radical (unpaired) electrons. The number of thioether (sulfide) groups is 1. The van der Waals surface area contributed by atoms with E-state index < -0.39 is 0 Å². The fourth-order valence-corrected chi connectivity index (χ4v) is 3.78. The molecule has 1 fully saturated rings. The van der Waals surface area contributed by atoms with Crippen molar-refractivity contribution in [3.05, 3.63) is 11.6 Å². The van der Waals surface area contributed by atoms with Crippen LogP contribution in [0.5, 0.6) is 0 Å². The van der Waals surface area contributed by atoms with Crippen LogP contribution in [0, 0.1) is 0 Å². The number of aryl methyl sites for hydroxylation is 1. The molecule has 0 unspecified atom stereocenters. The zero-order valence-corrected chi connectivity index (χ0v) is 13.7. The number of nitrogens with one attached hydrogen (secondary N) is 1. The lowest BCUT2D eigenvalue weighted by Gasteiger charge is -2.26. The molecule has 0 saturated carbocycles. The lowest BCUT2D eigenvalue weighted by atomic mass is 10.1. The average molecular weight is 323 g/mol. The zero-order valence-electron chi connectivity index (χ0n) is 12.9. The number of fused-ring (bicyclic) bond motifs is 1. The summed E-state index contributed by atoms with van der Waals surface area (Å²) in [5, 5.41) is 11.5. The number of hydrogen-bond acceptors (Lipinski definition) is 5. The van der Waals surface area contributed by atoms with Crippen molar-refractivity contribution in [2.45, 2.75) is 45.2 Å². The lowest BCUT2D eigenvalue weighted by Crippen LogP contribution is -2.46. The molecule has 8 heteroatoms. The van der Waals surface area contributed by atoms with E-state index in [2.05, 4.69) is 33.9 Å². The van der Waals surface area contributed by atoms with Crippen LogP contribution >= 0.6 is 11.8 Å². The van der Waals surface area contributed by atoms with E-state index in [1.807, 2.05) is 0 Å². The van der Waals surface area contributed by atoms with Crippen molar-refractivity contribution < 1.29 is 9.59 Å². The Morgan fingerprint density at radius 1 is 1.45 bits per heavy atom. The molecule has 1 aromatic rings. The van der Waals surface area contributed by atoms with E-state index in [0.717, 1.165) is 24.5 Å². The van der Waals surface area contributed by atoms with Gasteiger partial charge in [0.05, 0.1) is 11.6 Å². The molecule has 1 saturated heterocycles. The van der Waals surface area contributed by atoms with Gasteiger partial charge in [-0.3, -0.25) is 9.59 Å². The number of carbonyl (C=O) groups excluding carboxylic acids is 2. The van der Waals surface area contributed by atoms with E-state index >= 15 is 0 Å². The fourth-order valence-electron chi connectivity index (χ4n) is 2.88. The first-order valence-electron chi connectivity index (χ1n) is 7.61. The first-order chi connectivity index (χ1) is 10.5. The Morgan fingerprint density at radius 2 is 2.27 bits per heavy atom. The van der Waals surface area contributed by atoms with Crippen molar-refractivity contribution >= 4 is 23.6 Å². The minimum Gasteiger partial charge on any atom is -0.350 e. The topological polar surface area (TPSA) is 80.1 Å². The first-order valence-corrected chi connectivity index (χ1v) is 8.77. The summed E-state index contributed by atoms with van der Waals surface area (Å²) in [7, 11) is 0. The van der Waals surface area contributed by atoms with Crippen LogP contribution in [0.25, 0.3) is 0 Å². The maximum absolute atomic E-state index is 12.1. The monoisotopic (exact) mass is 323 g/mol. The molecule has 0 bridgehead atoms. The third kappa shape index (κ3) is 3.11. The van der Waals surface area contributed by atoms with Gasteiger partial charge in [0.1, 0.15) is 18.2 Å². The van der Waals surface area contributed by atoms with Crippen LogP contribution in [-0.2, 0) is 22.6 Å². The lowest BCUT2D eigenvalue weighted by molar-refractivity contribution is -0.132. The first kappa shape index (κ1) is 15.3. The highest BCUT2D eigenvalue weighted by Crippen LogP contribution is 2.20. The van der Waals surface area contributed by atoms with E-state index in [-0.39, 0.29) is 24.4 Å². The Hall–Kier alpha value is -1.57. The van der Waals surface area contributed by atoms with Gasteiger partial charge in [-0.15, -0.1) is 22.0 Å². The van der Waals surface area contributed by atoms with E-state index in [4.69, 9.17) is 0 Å². The van der Waals surface area contributed by atoms with E-state index in [0.29, 0.717) is 24.1 Å². The zero-order chi connectivity index (χ0) is 15.7. The van der Waals surface area contributed by atoms with Gasteiger partial charge >= 0.3 is 0 Å². The van der Waals surface area contributed by atoms with E-state index in [1.165, 1.54) is 0 Å². The molecule has 1 aromatic heterocycles. The van der Waals surface area contributed by atoms with Crippen molar-refractivity contribution in [3.8, 4) is 0 Å². The van der Waals surface area contributed by atoms with Gasteiger partial charge in [-0.2, -0.15) is 0 Å². The average Bonchev–Trinajstić information content (AvgIpc) is 3.05. The molecule has 0 aliphatic carbocycles. The molecule has 7 nitrogen and oxygen atoms in total. The van der Waals surface area contributed by atoms with Crippen molar-refractivity contribution in [1.82, 2.24) is 25.0 Å². The minimum atomic E-state index is -0.0801. The van der Waals surface area contributed by atoms with Gasteiger partial charge in [0.15, 0.2) is 0 Å². The second-order valence-electron chi connectivity index (χ2n) is 6.11. The molecule has 1 N–H and O–H groups in total. The smallest absolute Gasteiger partial charge is 0.239 e. The minimum absolute atomic E-state index is 0.0481. The number of amides is 2. The Labute approximate surface area is 133 Å². The summed E-state index contributed by atoms with van der Waals surface area (Å²) >= 11 is 1.55. The second kappa shape index (κ2) is 6.28. The van der Waals surface area contributed by atoms with Gasteiger partial charge in [-0.1, -0.05) is 13.8 Å². The van der Waals surface area contributed by atoms with Crippen molar-refractivity contribution in [2.75, 3.05) is 18.2 Å². The predicted octanol–water partition coefficient (Wildman–Crippen LogP) is 0.365.